The van der Waals surface area contributed by atoms with Crippen molar-refractivity contribution in [3.63, 3.8) is 0 Å². The number of nitriles is 1. The van der Waals surface area contributed by atoms with Crippen LogP contribution >= 0.6 is 0 Å². The number of hydrogen-bond donors (Lipinski definition) is 1. The lowest BCUT2D eigenvalue weighted by atomic mass is 10.3. The summed E-state index contributed by atoms with van der Waals surface area (Å²) in [4.78, 5) is 6.50. The second kappa shape index (κ2) is 4.28. The van der Waals surface area contributed by atoms with Gasteiger partial charge in [-0.15, -0.1) is 0 Å². The van der Waals surface area contributed by atoms with E-state index >= 15 is 0 Å². The topological polar surface area (TPSA) is 52.0 Å². The van der Waals surface area contributed by atoms with Crippen molar-refractivity contribution in [3.8, 4) is 6.07 Å². The molecule has 1 aliphatic heterocycles. The van der Waals surface area contributed by atoms with Gasteiger partial charge < -0.3 is 10.2 Å². The van der Waals surface area contributed by atoms with Gasteiger partial charge >= 0.3 is 0 Å². The fourth-order valence-corrected chi connectivity index (χ4v) is 1.86. The van der Waals surface area contributed by atoms with E-state index in [1.807, 2.05) is 13.1 Å². The van der Waals surface area contributed by atoms with Crippen LogP contribution in [0.25, 0.3) is 0 Å². The Morgan fingerprint density at radius 2 is 2.53 bits per heavy atom. The zero-order chi connectivity index (χ0) is 10.7. The van der Waals surface area contributed by atoms with Crippen molar-refractivity contribution in [2.24, 2.45) is 0 Å². The van der Waals surface area contributed by atoms with Gasteiger partial charge in [-0.05, 0) is 25.6 Å². The number of aromatic nitrogens is 1. The van der Waals surface area contributed by atoms with Gasteiger partial charge in [-0.25, -0.2) is 4.98 Å². The van der Waals surface area contributed by atoms with Crippen molar-refractivity contribution in [2.75, 3.05) is 25.0 Å². The van der Waals surface area contributed by atoms with Crippen LogP contribution in [0.4, 0.5) is 5.82 Å². The first kappa shape index (κ1) is 9.94. The summed E-state index contributed by atoms with van der Waals surface area (Å²) < 4.78 is 0. The van der Waals surface area contributed by atoms with Crippen LogP contribution in [-0.4, -0.2) is 31.2 Å². The molecule has 1 fully saturated rings. The van der Waals surface area contributed by atoms with Crippen LogP contribution in [-0.2, 0) is 0 Å². The van der Waals surface area contributed by atoms with Gasteiger partial charge in [0.05, 0.1) is 11.6 Å². The maximum atomic E-state index is 8.79. The summed E-state index contributed by atoms with van der Waals surface area (Å²) in [6.07, 6.45) is 2.83. The summed E-state index contributed by atoms with van der Waals surface area (Å²) in [5, 5.41) is 12.1. The van der Waals surface area contributed by atoms with E-state index in [-0.39, 0.29) is 0 Å². The smallest absolute Gasteiger partial charge is 0.129 e. The van der Waals surface area contributed by atoms with Crippen LogP contribution in [0.1, 0.15) is 12.0 Å². The fraction of sp³-hybridized carbons (Fsp3) is 0.455. The largest absolute Gasteiger partial charge is 0.355 e. The van der Waals surface area contributed by atoms with Crippen molar-refractivity contribution < 1.29 is 0 Å². The number of nitrogens with one attached hydrogen (secondary N) is 1. The van der Waals surface area contributed by atoms with Gasteiger partial charge in [0, 0.05) is 25.3 Å². The average Bonchev–Trinajstić information content (AvgIpc) is 2.78. The molecule has 1 N–H and O–H groups in total. The molecule has 0 spiro atoms. The van der Waals surface area contributed by atoms with Crippen LogP contribution < -0.4 is 10.2 Å². The van der Waals surface area contributed by atoms with Gasteiger partial charge in [0.15, 0.2) is 0 Å². The van der Waals surface area contributed by atoms with Crippen molar-refractivity contribution in [1.29, 1.82) is 5.26 Å². The quantitative estimate of drug-likeness (QED) is 0.769. The summed E-state index contributed by atoms with van der Waals surface area (Å²) in [5.74, 6) is 0.909. The maximum absolute atomic E-state index is 8.79. The highest BCUT2D eigenvalue weighted by molar-refractivity contribution is 5.45. The van der Waals surface area contributed by atoms with Crippen LogP contribution in [0, 0.1) is 11.3 Å². The monoisotopic (exact) mass is 202 g/mol. The second-order valence-electron chi connectivity index (χ2n) is 3.73. The van der Waals surface area contributed by atoms with E-state index in [1.165, 1.54) is 0 Å². The Morgan fingerprint density at radius 1 is 1.67 bits per heavy atom. The third-order valence-corrected chi connectivity index (χ3v) is 2.80. The average molecular weight is 202 g/mol. The molecule has 1 saturated heterocycles. The van der Waals surface area contributed by atoms with Crippen LogP contribution in [0.2, 0.25) is 0 Å². The molecule has 0 saturated carbocycles. The van der Waals surface area contributed by atoms with Crippen molar-refractivity contribution in [3.05, 3.63) is 23.9 Å². The highest BCUT2D eigenvalue weighted by atomic mass is 15.2. The van der Waals surface area contributed by atoms with E-state index < -0.39 is 0 Å². The molecule has 15 heavy (non-hydrogen) atoms. The number of anilines is 1. The van der Waals surface area contributed by atoms with Crippen LogP contribution in [0.15, 0.2) is 18.3 Å². The van der Waals surface area contributed by atoms with E-state index in [9.17, 15) is 0 Å². The van der Waals surface area contributed by atoms with Gasteiger partial charge in [-0.3, -0.25) is 0 Å². The molecular formula is C11H14N4. The molecule has 1 unspecified atom stereocenters. The number of rotatable bonds is 2. The highest BCUT2D eigenvalue weighted by Crippen LogP contribution is 2.18. The highest BCUT2D eigenvalue weighted by Gasteiger charge is 2.21. The van der Waals surface area contributed by atoms with Crippen LogP contribution in [0.3, 0.4) is 0 Å². The third-order valence-electron chi connectivity index (χ3n) is 2.80. The molecule has 1 aromatic heterocycles. The Hall–Kier alpha value is -1.60. The number of nitrogens with zero attached hydrogens (tertiary/aromatic N) is 3. The summed E-state index contributed by atoms with van der Waals surface area (Å²) in [7, 11) is 1.98. The Kier molecular flexibility index (Phi) is 2.84. The van der Waals surface area contributed by atoms with E-state index in [4.69, 9.17) is 5.26 Å². The van der Waals surface area contributed by atoms with E-state index in [1.54, 1.807) is 12.3 Å². The van der Waals surface area contributed by atoms with Crippen molar-refractivity contribution in [2.45, 2.75) is 12.5 Å². The Bertz CT molecular complexity index is 382. The number of likely N-dealkylation sites (N-methyl/N-ethyl adjacent to an activating group) is 1. The Labute approximate surface area is 89.5 Å². The molecule has 0 radical (unpaired) electrons. The molecule has 0 amide bonds. The summed E-state index contributed by atoms with van der Waals surface area (Å²) in [6.45, 7) is 1.98. The normalized spacial score (nSPS) is 20.3. The third kappa shape index (κ3) is 2.08. The molecule has 4 nitrogen and oxygen atoms in total. The van der Waals surface area contributed by atoms with Crippen LogP contribution in [0.5, 0.6) is 0 Å². The summed E-state index contributed by atoms with van der Waals surface area (Å²) in [5.41, 5.74) is 0.674. The molecule has 4 heteroatoms. The Balaban J connectivity index is 2.14. The minimum Gasteiger partial charge on any atom is -0.355 e. The van der Waals surface area contributed by atoms with E-state index in [0.717, 1.165) is 25.3 Å². The Morgan fingerprint density at radius 3 is 3.20 bits per heavy atom. The first-order chi connectivity index (χ1) is 7.33. The lowest BCUT2D eigenvalue weighted by molar-refractivity contribution is 0.616. The van der Waals surface area contributed by atoms with Gasteiger partial charge in [0.2, 0.25) is 0 Å². The minimum atomic E-state index is 0.539. The molecule has 1 aliphatic rings. The molecule has 0 aliphatic carbocycles. The molecule has 2 heterocycles. The fourth-order valence-electron chi connectivity index (χ4n) is 1.86. The SMILES string of the molecule is CNC1CCN(c2cc(C#N)ccn2)C1. The van der Waals surface area contributed by atoms with Gasteiger partial charge in [0.25, 0.3) is 0 Å². The molecule has 78 valence electrons. The molecule has 1 atom stereocenters. The minimum absolute atomic E-state index is 0.539. The predicted molar refractivity (Wildman–Crippen MR) is 58.6 cm³/mol. The molecule has 1 aromatic rings. The maximum Gasteiger partial charge on any atom is 0.129 e. The zero-order valence-electron chi connectivity index (χ0n) is 8.77. The van der Waals surface area contributed by atoms with E-state index in [2.05, 4.69) is 21.3 Å². The lowest BCUT2D eigenvalue weighted by Gasteiger charge is -2.17. The first-order valence-electron chi connectivity index (χ1n) is 5.12. The van der Waals surface area contributed by atoms with Crippen molar-refractivity contribution in [1.82, 2.24) is 10.3 Å². The summed E-state index contributed by atoms with van der Waals surface area (Å²) in [6, 6.07) is 6.25. The number of hydrogen-bond acceptors (Lipinski definition) is 4. The first-order valence-corrected chi connectivity index (χ1v) is 5.12. The molecule has 0 aromatic carbocycles. The standard InChI is InChI=1S/C11H14N4/c1-13-10-3-5-15(8-10)11-6-9(7-12)2-4-14-11/h2,4,6,10,13H,3,5,8H2,1H3. The van der Waals surface area contributed by atoms with Gasteiger partial charge in [-0.1, -0.05) is 0 Å². The molecule has 2 rings (SSSR count). The molecule has 0 bridgehead atoms. The lowest BCUT2D eigenvalue weighted by Crippen LogP contribution is -2.29. The van der Waals surface area contributed by atoms with Crippen molar-refractivity contribution >= 4 is 5.82 Å². The summed E-state index contributed by atoms with van der Waals surface area (Å²) >= 11 is 0. The van der Waals surface area contributed by atoms with Gasteiger partial charge in [0.1, 0.15) is 5.82 Å². The molecular weight excluding hydrogens is 188 g/mol. The zero-order valence-corrected chi connectivity index (χ0v) is 8.77. The van der Waals surface area contributed by atoms with E-state index in [0.29, 0.717) is 11.6 Å². The second-order valence-corrected chi connectivity index (χ2v) is 3.73. The van der Waals surface area contributed by atoms with Gasteiger partial charge in [-0.2, -0.15) is 5.26 Å². The predicted octanol–water partition coefficient (Wildman–Crippen LogP) is 0.751. The number of pyridine rings is 1.